The number of hydrogen-bond donors (Lipinski definition) is 2. The lowest BCUT2D eigenvalue weighted by Gasteiger charge is -2.10. The van der Waals surface area contributed by atoms with E-state index in [0.717, 1.165) is 0 Å². The molecule has 0 saturated carbocycles. The van der Waals surface area contributed by atoms with Crippen LogP contribution in [0.25, 0.3) is 0 Å². The van der Waals surface area contributed by atoms with Crippen LogP contribution in [0.3, 0.4) is 0 Å². The normalized spacial score (nSPS) is 10.9. The van der Waals surface area contributed by atoms with E-state index in [4.69, 9.17) is 22.6 Å². The van der Waals surface area contributed by atoms with E-state index in [9.17, 15) is 8.42 Å². The van der Waals surface area contributed by atoms with Crippen LogP contribution >= 0.6 is 11.6 Å². The highest BCUT2D eigenvalue weighted by Crippen LogP contribution is 2.24. The van der Waals surface area contributed by atoms with Gasteiger partial charge >= 0.3 is 0 Å². The number of nitrogen functional groups attached to an aromatic ring is 1. The predicted molar refractivity (Wildman–Crippen MR) is 83.3 cm³/mol. The average molecular weight is 322 g/mol. The maximum atomic E-state index is 12.1. The Bertz CT molecular complexity index is 813. The lowest BCUT2D eigenvalue weighted by Crippen LogP contribution is -2.15. The maximum absolute atomic E-state index is 12.1. The maximum Gasteiger partial charge on any atom is 0.236 e. The van der Waals surface area contributed by atoms with Gasteiger partial charge in [-0.05, 0) is 29.8 Å². The zero-order valence-corrected chi connectivity index (χ0v) is 12.4. The summed E-state index contributed by atoms with van der Waals surface area (Å²) in [4.78, 5) is 0. The number of hydrogen-bond acceptors (Lipinski definition) is 4. The van der Waals surface area contributed by atoms with Crippen molar-refractivity contribution >= 4 is 33.0 Å². The number of nitriles is 1. The molecule has 0 fully saturated rings. The van der Waals surface area contributed by atoms with E-state index in [1.54, 1.807) is 24.3 Å². The van der Waals surface area contributed by atoms with E-state index in [-0.39, 0.29) is 10.8 Å². The molecule has 0 spiro atoms. The van der Waals surface area contributed by atoms with Crippen LogP contribution in [-0.2, 0) is 15.8 Å². The molecule has 0 unspecified atom stereocenters. The Balaban J connectivity index is 2.23. The number of halogens is 1. The minimum Gasteiger partial charge on any atom is -0.398 e. The molecule has 2 aromatic rings. The number of sulfonamides is 1. The van der Waals surface area contributed by atoms with Crippen molar-refractivity contribution in [1.82, 2.24) is 0 Å². The molecular formula is C14H12ClN3O2S. The third-order valence-electron chi connectivity index (χ3n) is 2.76. The van der Waals surface area contributed by atoms with Crippen molar-refractivity contribution in [2.45, 2.75) is 5.75 Å². The molecule has 0 amide bonds. The molecule has 0 atom stereocenters. The number of nitrogens with two attached hydrogens (primary N) is 1. The lowest BCUT2D eigenvalue weighted by molar-refractivity contribution is 0.600. The van der Waals surface area contributed by atoms with Crippen LogP contribution in [0.5, 0.6) is 0 Å². The fourth-order valence-electron chi connectivity index (χ4n) is 1.77. The number of nitrogens with zero attached hydrogens (tertiary/aromatic N) is 1. The van der Waals surface area contributed by atoms with Crippen LogP contribution in [-0.4, -0.2) is 8.42 Å². The average Bonchev–Trinajstić information content (AvgIpc) is 2.43. The van der Waals surface area contributed by atoms with Gasteiger partial charge in [-0.1, -0.05) is 29.8 Å². The first-order valence-electron chi connectivity index (χ1n) is 5.95. The Hall–Kier alpha value is -2.23. The molecule has 2 rings (SSSR count). The summed E-state index contributed by atoms with van der Waals surface area (Å²) in [5.74, 6) is -0.293. The molecule has 0 bridgehead atoms. The summed E-state index contributed by atoms with van der Waals surface area (Å²) in [6, 6.07) is 13.0. The number of anilines is 2. The van der Waals surface area contributed by atoms with Crippen LogP contribution in [0.4, 0.5) is 11.4 Å². The van der Waals surface area contributed by atoms with Gasteiger partial charge in [0.05, 0.1) is 33.8 Å². The van der Waals surface area contributed by atoms with E-state index < -0.39 is 10.0 Å². The summed E-state index contributed by atoms with van der Waals surface area (Å²) in [5.41, 5.74) is 7.03. The SMILES string of the molecule is N#Cc1ccccc1CS(=O)(=O)Nc1ccc(N)c(Cl)c1. The van der Waals surface area contributed by atoms with Gasteiger partial charge in [0.15, 0.2) is 0 Å². The van der Waals surface area contributed by atoms with Gasteiger partial charge in [-0.25, -0.2) is 8.42 Å². The van der Waals surface area contributed by atoms with Crippen molar-refractivity contribution in [3.8, 4) is 6.07 Å². The van der Waals surface area contributed by atoms with Crippen LogP contribution < -0.4 is 10.5 Å². The zero-order chi connectivity index (χ0) is 15.5. The van der Waals surface area contributed by atoms with Crippen LogP contribution in [0, 0.1) is 11.3 Å². The standard InChI is InChI=1S/C14H12ClN3O2S/c15-13-7-12(5-6-14(13)17)18-21(19,20)9-11-4-2-1-3-10(11)8-16/h1-7,18H,9,17H2. The predicted octanol–water partition coefficient (Wildman–Crippen LogP) is 2.74. The van der Waals surface area contributed by atoms with Gasteiger partial charge in [0.1, 0.15) is 0 Å². The van der Waals surface area contributed by atoms with Gasteiger partial charge in [0.2, 0.25) is 10.0 Å². The highest BCUT2D eigenvalue weighted by atomic mass is 35.5. The molecule has 108 valence electrons. The summed E-state index contributed by atoms with van der Waals surface area (Å²) < 4.78 is 26.7. The van der Waals surface area contributed by atoms with E-state index in [0.29, 0.717) is 22.5 Å². The van der Waals surface area contributed by atoms with Crippen LogP contribution in [0.1, 0.15) is 11.1 Å². The second kappa shape index (κ2) is 6.04. The van der Waals surface area contributed by atoms with Gasteiger partial charge in [-0.2, -0.15) is 5.26 Å². The van der Waals surface area contributed by atoms with Gasteiger partial charge in [0.25, 0.3) is 0 Å². The van der Waals surface area contributed by atoms with Gasteiger partial charge in [-0.3, -0.25) is 4.72 Å². The summed E-state index contributed by atoms with van der Waals surface area (Å²) in [6.45, 7) is 0. The molecule has 7 heteroatoms. The first kappa shape index (κ1) is 15.2. The molecular weight excluding hydrogens is 310 g/mol. The molecule has 21 heavy (non-hydrogen) atoms. The fraction of sp³-hybridized carbons (Fsp3) is 0.0714. The summed E-state index contributed by atoms with van der Waals surface area (Å²) >= 11 is 5.85. The molecule has 2 aromatic carbocycles. The molecule has 0 radical (unpaired) electrons. The minimum atomic E-state index is -3.65. The Morgan fingerprint density at radius 3 is 2.62 bits per heavy atom. The third kappa shape index (κ3) is 3.88. The molecule has 5 nitrogen and oxygen atoms in total. The topological polar surface area (TPSA) is 96.0 Å². The number of benzene rings is 2. The van der Waals surface area contributed by atoms with Crippen molar-refractivity contribution < 1.29 is 8.42 Å². The zero-order valence-electron chi connectivity index (χ0n) is 10.9. The first-order chi connectivity index (χ1) is 9.91. The second-order valence-electron chi connectivity index (χ2n) is 4.37. The van der Waals surface area contributed by atoms with Crippen LogP contribution in [0.15, 0.2) is 42.5 Å². The lowest BCUT2D eigenvalue weighted by atomic mass is 10.1. The second-order valence-corrected chi connectivity index (χ2v) is 6.50. The van der Waals surface area contributed by atoms with Crippen LogP contribution in [0.2, 0.25) is 5.02 Å². The molecule has 0 aliphatic carbocycles. The van der Waals surface area contributed by atoms with Gasteiger partial charge in [-0.15, -0.1) is 0 Å². The van der Waals surface area contributed by atoms with E-state index >= 15 is 0 Å². The van der Waals surface area contributed by atoms with E-state index in [1.807, 2.05) is 6.07 Å². The minimum absolute atomic E-state index is 0.271. The van der Waals surface area contributed by atoms with Crippen molar-refractivity contribution in [3.05, 3.63) is 58.6 Å². The van der Waals surface area contributed by atoms with Crippen molar-refractivity contribution in [3.63, 3.8) is 0 Å². The molecule has 3 N–H and O–H groups in total. The van der Waals surface area contributed by atoms with Crippen molar-refractivity contribution in [2.24, 2.45) is 0 Å². The number of rotatable bonds is 4. The molecule has 0 aromatic heterocycles. The highest BCUT2D eigenvalue weighted by molar-refractivity contribution is 7.91. The molecule has 0 aliphatic rings. The van der Waals surface area contributed by atoms with E-state index in [2.05, 4.69) is 4.72 Å². The van der Waals surface area contributed by atoms with Gasteiger partial charge < -0.3 is 5.73 Å². The fourth-order valence-corrected chi connectivity index (χ4v) is 3.17. The number of nitrogens with one attached hydrogen (secondary N) is 1. The van der Waals surface area contributed by atoms with E-state index in [1.165, 1.54) is 18.2 Å². The Labute approximate surface area is 128 Å². The quantitative estimate of drug-likeness (QED) is 0.846. The monoisotopic (exact) mass is 321 g/mol. The summed E-state index contributed by atoms with van der Waals surface area (Å²) in [5, 5.41) is 9.25. The molecule has 0 aliphatic heterocycles. The highest BCUT2D eigenvalue weighted by Gasteiger charge is 2.14. The third-order valence-corrected chi connectivity index (χ3v) is 4.32. The Morgan fingerprint density at radius 2 is 1.95 bits per heavy atom. The molecule has 0 saturated heterocycles. The Morgan fingerprint density at radius 1 is 1.24 bits per heavy atom. The van der Waals surface area contributed by atoms with Gasteiger partial charge in [0, 0.05) is 0 Å². The smallest absolute Gasteiger partial charge is 0.236 e. The summed E-state index contributed by atoms with van der Waals surface area (Å²) in [6.07, 6.45) is 0. The summed E-state index contributed by atoms with van der Waals surface area (Å²) in [7, 11) is -3.65. The molecule has 0 heterocycles. The Kier molecular flexibility index (Phi) is 4.36. The van der Waals surface area contributed by atoms with Crippen molar-refractivity contribution in [2.75, 3.05) is 10.5 Å². The van der Waals surface area contributed by atoms with Crippen molar-refractivity contribution in [1.29, 1.82) is 5.26 Å². The largest absolute Gasteiger partial charge is 0.398 e. The first-order valence-corrected chi connectivity index (χ1v) is 7.98.